The highest BCUT2D eigenvalue weighted by atomic mass is 16.2. The van der Waals surface area contributed by atoms with Gasteiger partial charge in [-0.25, -0.2) is 9.78 Å². The van der Waals surface area contributed by atoms with Crippen LogP contribution >= 0.6 is 0 Å². The molecular formula is C25H35N5O4. The van der Waals surface area contributed by atoms with E-state index in [2.05, 4.69) is 36.4 Å². The molecule has 9 heteroatoms. The van der Waals surface area contributed by atoms with E-state index in [0.717, 1.165) is 16.9 Å². The number of aryl methyl sites for hydroxylation is 1. The number of nitrogens with one attached hydrogen (secondary N) is 2. The van der Waals surface area contributed by atoms with Gasteiger partial charge in [0.25, 0.3) is 5.91 Å². The summed E-state index contributed by atoms with van der Waals surface area (Å²) in [6.07, 6.45) is 4.93. The van der Waals surface area contributed by atoms with Crippen LogP contribution in [0.15, 0.2) is 18.3 Å². The van der Waals surface area contributed by atoms with E-state index in [1.54, 1.807) is 17.2 Å². The highest BCUT2D eigenvalue weighted by molar-refractivity contribution is 6.09. The number of pyridine rings is 1. The SMILES string of the molecule is Cc1ccc(NC(=O)C2CCN(C(=O)CN3C(=O)NC4(CC(C)CC(C)(C)C4)C3=O)CC2)nc1. The molecule has 184 valence electrons. The van der Waals surface area contributed by atoms with Crippen molar-refractivity contribution in [3.8, 4) is 0 Å². The minimum atomic E-state index is -0.909. The Labute approximate surface area is 200 Å². The Balaban J connectivity index is 1.31. The van der Waals surface area contributed by atoms with Gasteiger partial charge in [-0.3, -0.25) is 19.3 Å². The molecule has 2 aliphatic heterocycles. The number of hydrogen-bond donors (Lipinski definition) is 2. The molecule has 3 fully saturated rings. The molecule has 4 rings (SSSR count). The zero-order valence-corrected chi connectivity index (χ0v) is 20.5. The quantitative estimate of drug-likeness (QED) is 0.659. The van der Waals surface area contributed by atoms with Crippen LogP contribution in [-0.2, 0) is 14.4 Å². The summed E-state index contributed by atoms with van der Waals surface area (Å²) in [5.41, 5.74) is 0.0489. The van der Waals surface area contributed by atoms with Gasteiger partial charge in [0, 0.05) is 25.2 Å². The van der Waals surface area contributed by atoms with Crippen molar-refractivity contribution in [2.24, 2.45) is 17.3 Å². The number of amides is 5. The number of rotatable bonds is 4. The monoisotopic (exact) mass is 469 g/mol. The lowest BCUT2D eigenvalue weighted by Crippen LogP contribution is -2.54. The molecule has 9 nitrogen and oxygen atoms in total. The Morgan fingerprint density at radius 2 is 1.88 bits per heavy atom. The van der Waals surface area contributed by atoms with Crippen molar-refractivity contribution in [2.75, 3.05) is 25.0 Å². The standard InChI is InChI=1S/C25H35N5O4/c1-16-5-6-19(26-13-16)27-21(32)18-7-9-29(10-8-18)20(31)14-30-22(33)25(28-23(30)34)12-17(2)11-24(3,4)15-25/h5-6,13,17-18H,7-12,14-15H2,1-4H3,(H,28,34)(H,26,27,32). The highest BCUT2D eigenvalue weighted by Crippen LogP contribution is 2.46. The van der Waals surface area contributed by atoms with E-state index in [-0.39, 0.29) is 35.6 Å². The fourth-order valence-corrected chi connectivity index (χ4v) is 6.05. The third-order valence-electron chi connectivity index (χ3n) is 7.30. The summed E-state index contributed by atoms with van der Waals surface area (Å²) in [6.45, 7) is 8.84. The second kappa shape index (κ2) is 9.00. The van der Waals surface area contributed by atoms with Gasteiger partial charge < -0.3 is 15.5 Å². The summed E-state index contributed by atoms with van der Waals surface area (Å²) in [4.78, 5) is 58.5. The Hall–Kier alpha value is -2.97. The molecule has 34 heavy (non-hydrogen) atoms. The van der Waals surface area contributed by atoms with Crippen LogP contribution in [0.2, 0.25) is 0 Å². The lowest BCUT2D eigenvalue weighted by atomic mass is 9.64. The lowest BCUT2D eigenvalue weighted by molar-refractivity contribution is -0.141. The molecule has 1 aliphatic carbocycles. The summed E-state index contributed by atoms with van der Waals surface area (Å²) in [6, 6.07) is 3.17. The predicted octanol–water partition coefficient (Wildman–Crippen LogP) is 2.70. The first-order valence-corrected chi connectivity index (χ1v) is 12.1. The maximum Gasteiger partial charge on any atom is 0.325 e. The van der Waals surface area contributed by atoms with Crippen molar-refractivity contribution in [3.63, 3.8) is 0 Å². The van der Waals surface area contributed by atoms with Crippen molar-refractivity contribution in [1.82, 2.24) is 20.1 Å². The number of hydrogen-bond acceptors (Lipinski definition) is 5. The van der Waals surface area contributed by atoms with Crippen molar-refractivity contribution < 1.29 is 19.2 Å². The fraction of sp³-hybridized carbons (Fsp3) is 0.640. The van der Waals surface area contributed by atoms with Gasteiger partial charge in [0.2, 0.25) is 11.8 Å². The van der Waals surface area contributed by atoms with Gasteiger partial charge in [-0.15, -0.1) is 0 Å². The average molecular weight is 470 g/mol. The number of urea groups is 1. The molecule has 0 aromatic carbocycles. The summed E-state index contributed by atoms with van der Waals surface area (Å²) in [5.74, 6) is -0.0366. The largest absolute Gasteiger partial charge is 0.341 e. The van der Waals surface area contributed by atoms with Crippen molar-refractivity contribution in [3.05, 3.63) is 23.9 Å². The third kappa shape index (κ3) is 4.93. The molecule has 3 aliphatic rings. The van der Waals surface area contributed by atoms with Crippen molar-refractivity contribution in [1.29, 1.82) is 0 Å². The minimum Gasteiger partial charge on any atom is -0.341 e. The number of piperidine rings is 1. The van der Waals surface area contributed by atoms with Gasteiger partial charge in [0.05, 0.1) is 0 Å². The first-order valence-electron chi connectivity index (χ1n) is 12.1. The summed E-state index contributed by atoms with van der Waals surface area (Å²) in [5, 5.41) is 5.76. The van der Waals surface area contributed by atoms with E-state index >= 15 is 0 Å². The number of aromatic nitrogens is 1. The van der Waals surface area contributed by atoms with Crippen molar-refractivity contribution in [2.45, 2.75) is 65.3 Å². The van der Waals surface area contributed by atoms with Crippen LogP contribution < -0.4 is 10.6 Å². The molecule has 0 bridgehead atoms. The lowest BCUT2D eigenvalue weighted by Gasteiger charge is -2.43. The van der Waals surface area contributed by atoms with Crippen LogP contribution in [-0.4, -0.2) is 63.7 Å². The van der Waals surface area contributed by atoms with Gasteiger partial charge in [-0.05, 0) is 62.0 Å². The van der Waals surface area contributed by atoms with Gasteiger partial charge in [-0.2, -0.15) is 0 Å². The van der Waals surface area contributed by atoms with E-state index < -0.39 is 11.6 Å². The van der Waals surface area contributed by atoms with E-state index in [9.17, 15) is 19.2 Å². The number of carbonyl (C=O) groups is 4. The molecule has 1 aromatic heterocycles. The molecule has 3 heterocycles. The highest BCUT2D eigenvalue weighted by Gasteiger charge is 2.56. The Kier molecular flexibility index (Phi) is 6.40. The number of imide groups is 1. The molecule has 2 atom stereocenters. The molecule has 1 aromatic rings. The van der Waals surface area contributed by atoms with E-state index in [0.29, 0.717) is 50.5 Å². The van der Waals surface area contributed by atoms with Gasteiger partial charge in [0.1, 0.15) is 17.9 Å². The molecule has 0 radical (unpaired) electrons. The Morgan fingerprint density at radius 3 is 2.50 bits per heavy atom. The molecule has 2 N–H and O–H groups in total. The van der Waals surface area contributed by atoms with Crippen LogP contribution in [0.4, 0.5) is 10.6 Å². The number of nitrogens with zero attached hydrogens (tertiary/aromatic N) is 3. The molecule has 5 amide bonds. The Bertz CT molecular complexity index is 984. The first kappa shape index (κ1) is 24.2. The van der Waals surface area contributed by atoms with Crippen LogP contribution in [0.1, 0.15) is 58.4 Å². The van der Waals surface area contributed by atoms with Crippen molar-refractivity contribution >= 4 is 29.6 Å². The third-order valence-corrected chi connectivity index (χ3v) is 7.30. The predicted molar refractivity (Wildman–Crippen MR) is 127 cm³/mol. The summed E-state index contributed by atoms with van der Waals surface area (Å²) < 4.78 is 0. The summed E-state index contributed by atoms with van der Waals surface area (Å²) >= 11 is 0. The second-order valence-electron chi connectivity index (χ2n) is 11.1. The zero-order valence-electron chi connectivity index (χ0n) is 20.5. The minimum absolute atomic E-state index is 0.0584. The van der Waals surface area contributed by atoms with Crippen LogP contribution in [0.5, 0.6) is 0 Å². The normalized spacial score (nSPS) is 27.1. The smallest absolute Gasteiger partial charge is 0.325 e. The van der Waals surface area contributed by atoms with E-state index in [1.165, 1.54) is 0 Å². The number of anilines is 1. The fourth-order valence-electron chi connectivity index (χ4n) is 6.05. The number of carbonyl (C=O) groups excluding carboxylic acids is 4. The molecule has 1 spiro atoms. The topological polar surface area (TPSA) is 112 Å². The summed E-state index contributed by atoms with van der Waals surface area (Å²) in [7, 11) is 0. The van der Waals surface area contributed by atoms with Gasteiger partial charge in [0.15, 0.2) is 0 Å². The van der Waals surface area contributed by atoms with Crippen LogP contribution in [0.3, 0.4) is 0 Å². The van der Waals surface area contributed by atoms with Gasteiger partial charge in [-0.1, -0.05) is 26.8 Å². The van der Waals surface area contributed by atoms with E-state index in [4.69, 9.17) is 0 Å². The first-order chi connectivity index (χ1) is 16.0. The molecule has 1 saturated carbocycles. The Morgan fingerprint density at radius 1 is 1.18 bits per heavy atom. The number of likely N-dealkylation sites (tertiary alicyclic amines) is 1. The molecule has 2 saturated heterocycles. The van der Waals surface area contributed by atoms with Gasteiger partial charge >= 0.3 is 6.03 Å². The van der Waals surface area contributed by atoms with Crippen LogP contribution in [0.25, 0.3) is 0 Å². The maximum atomic E-state index is 13.3. The van der Waals surface area contributed by atoms with E-state index in [1.807, 2.05) is 13.0 Å². The average Bonchev–Trinajstić information content (AvgIpc) is 2.97. The zero-order chi connectivity index (χ0) is 24.7. The molecular weight excluding hydrogens is 434 g/mol. The van der Waals surface area contributed by atoms with Crippen LogP contribution in [0, 0.1) is 24.2 Å². The second-order valence-corrected chi connectivity index (χ2v) is 11.1. The molecule has 2 unspecified atom stereocenters. The maximum absolute atomic E-state index is 13.3.